The molecule has 0 radical (unpaired) electrons. The summed E-state index contributed by atoms with van der Waals surface area (Å²) in [6.07, 6.45) is 0.354. The molecule has 5 rings (SSSR count). The van der Waals surface area contributed by atoms with Gasteiger partial charge >= 0.3 is 0 Å². The number of aliphatic hydroxyl groups is 1. The van der Waals surface area contributed by atoms with Crippen LogP contribution in [0.4, 0.5) is 5.69 Å². The highest BCUT2D eigenvalue weighted by atomic mass is 28.4. The fourth-order valence-corrected chi connectivity index (χ4v) is 7.53. The number of amides is 2. The second-order valence-electron chi connectivity index (χ2n) is 12.3. The Kier molecular flexibility index (Phi) is 5.96. The van der Waals surface area contributed by atoms with Crippen molar-refractivity contribution in [3.05, 3.63) is 42.0 Å². The number of hydrogen-bond acceptors (Lipinski definition) is 6. The number of carbonyl (C=O) groups excluding carboxylic acids is 2. The Labute approximate surface area is 219 Å². The van der Waals surface area contributed by atoms with E-state index in [1.165, 1.54) is 4.90 Å². The van der Waals surface area contributed by atoms with Crippen LogP contribution in [0.25, 0.3) is 10.8 Å². The van der Waals surface area contributed by atoms with Crippen LogP contribution in [0.5, 0.6) is 0 Å². The number of benzene rings is 2. The minimum atomic E-state index is -2.03. The maximum atomic E-state index is 14.1. The van der Waals surface area contributed by atoms with Gasteiger partial charge in [-0.15, -0.1) is 0 Å². The van der Waals surface area contributed by atoms with E-state index in [9.17, 15) is 20.0 Å². The number of carbonyl (C=O) groups is 2. The Balaban J connectivity index is 1.54. The zero-order valence-electron chi connectivity index (χ0n) is 22.5. The van der Waals surface area contributed by atoms with Crippen LogP contribution in [0.2, 0.25) is 18.1 Å². The maximum Gasteiger partial charge on any atom is 0.240 e. The first-order valence-corrected chi connectivity index (χ1v) is 16.1. The number of aliphatic hydroxyl groups excluding tert-OH is 1. The number of nitrogens with zero attached hydrogens (tertiary/aromatic N) is 2. The fourth-order valence-electron chi connectivity index (χ4n) is 6.49. The smallest absolute Gasteiger partial charge is 0.240 e. The first-order chi connectivity index (χ1) is 17.3. The van der Waals surface area contributed by atoms with Crippen molar-refractivity contribution in [2.75, 3.05) is 11.5 Å². The lowest BCUT2D eigenvalue weighted by atomic mass is 9.64. The number of nitriles is 1. The van der Waals surface area contributed by atoms with Crippen molar-refractivity contribution in [2.45, 2.75) is 82.4 Å². The van der Waals surface area contributed by atoms with Crippen molar-refractivity contribution >= 4 is 36.6 Å². The van der Waals surface area contributed by atoms with Gasteiger partial charge in [-0.05, 0) is 43.1 Å². The Morgan fingerprint density at radius 3 is 2.41 bits per heavy atom. The van der Waals surface area contributed by atoms with Gasteiger partial charge in [0, 0.05) is 23.8 Å². The van der Waals surface area contributed by atoms with Crippen molar-refractivity contribution in [3.63, 3.8) is 0 Å². The van der Waals surface area contributed by atoms with Crippen molar-refractivity contribution in [1.29, 1.82) is 5.26 Å². The third kappa shape index (κ3) is 3.55. The first-order valence-electron chi connectivity index (χ1n) is 13.2. The standard InChI is InChI=1S/C29H36N2O5Si/c1-7-29-22(32)16-28(36-29,14-15-35-37(5,6)27(2,3)4)23-24(29)26(34)31(25(23)33)21-13-12-18(17-30)19-10-8-9-11-20(19)21/h8-13,22-24,32H,7,14-16H2,1-6H3/t22-,23+,24-,28?,29?/m0/s1. The highest BCUT2D eigenvalue weighted by Gasteiger charge is 2.77. The lowest BCUT2D eigenvalue weighted by molar-refractivity contribution is -0.137. The van der Waals surface area contributed by atoms with E-state index in [0.717, 1.165) is 0 Å². The van der Waals surface area contributed by atoms with E-state index in [2.05, 4.69) is 39.9 Å². The molecule has 0 saturated carbocycles. The molecule has 2 amide bonds. The number of imide groups is 1. The molecule has 1 N–H and O–H groups in total. The summed E-state index contributed by atoms with van der Waals surface area (Å²) in [4.78, 5) is 29.4. The third-order valence-corrected chi connectivity index (χ3v) is 14.0. The summed E-state index contributed by atoms with van der Waals surface area (Å²) in [6, 6.07) is 12.9. The zero-order chi connectivity index (χ0) is 27.0. The van der Waals surface area contributed by atoms with E-state index in [1.54, 1.807) is 12.1 Å². The predicted octanol–water partition coefficient (Wildman–Crippen LogP) is 4.91. The van der Waals surface area contributed by atoms with Crippen LogP contribution in [0.1, 0.15) is 52.5 Å². The summed E-state index contributed by atoms with van der Waals surface area (Å²) >= 11 is 0. The van der Waals surface area contributed by atoms with E-state index in [1.807, 2.05) is 31.2 Å². The van der Waals surface area contributed by atoms with Crippen LogP contribution in [0.3, 0.4) is 0 Å². The third-order valence-electron chi connectivity index (χ3n) is 9.50. The van der Waals surface area contributed by atoms with Crippen LogP contribution in [0.15, 0.2) is 36.4 Å². The minimum absolute atomic E-state index is 0.0404. The molecule has 8 heteroatoms. The van der Waals surface area contributed by atoms with Gasteiger partial charge in [0.1, 0.15) is 5.60 Å². The Morgan fingerprint density at radius 1 is 1.14 bits per heavy atom. The Hall–Kier alpha value is -2.57. The van der Waals surface area contributed by atoms with Gasteiger partial charge in [-0.25, -0.2) is 4.90 Å². The summed E-state index contributed by atoms with van der Waals surface area (Å²) in [5, 5.41) is 22.2. The largest absolute Gasteiger partial charge is 0.417 e. The fraction of sp³-hybridized carbons (Fsp3) is 0.552. The van der Waals surface area contributed by atoms with Crippen molar-refractivity contribution in [1.82, 2.24) is 0 Å². The molecule has 3 aliphatic heterocycles. The topological polar surface area (TPSA) is 99.9 Å². The van der Waals surface area contributed by atoms with Crippen molar-refractivity contribution in [3.8, 4) is 6.07 Å². The molecule has 2 unspecified atom stereocenters. The average Bonchev–Trinajstić information content (AvgIpc) is 3.40. The number of ether oxygens (including phenoxy) is 1. The summed E-state index contributed by atoms with van der Waals surface area (Å²) in [7, 11) is -2.03. The van der Waals surface area contributed by atoms with Crippen LogP contribution < -0.4 is 4.90 Å². The molecule has 0 aromatic heterocycles. The zero-order valence-corrected chi connectivity index (χ0v) is 23.5. The van der Waals surface area contributed by atoms with Crippen molar-refractivity contribution < 1.29 is 23.9 Å². The molecular formula is C29H36N2O5Si. The second-order valence-corrected chi connectivity index (χ2v) is 17.1. The second kappa shape index (κ2) is 8.47. The molecule has 2 aromatic carbocycles. The van der Waals surface area contributed by atoms with Gasteiger partial charge in [0.05, 0.1) is 40.9 Å². The SMILES string of the molecule is CCC12OC(CCO[Si](C)(C)C(C)(C)C)(C[C@@H]1O)[C@H]1C(=O)N(c3ccc(C#N)c4ccccc34)C(=O)[C@H]12. The molecule has 3 fully saturated rings. The first kappa shape index (κ1) is 26.1. The highest BCUT2D eigenvalue weighted by Crippen LogP contribution is 2.63. The Morgan fingerprint density at radius 2 is 1.78 bits per heavy atom. The number of rotatable bonds is 6. The van der Waals surface area contributed by atoms with Crippen LogP contribution >= 0.6 is 0 Å². The highest BCUT2D eigenvalue weighted by molar-refractivity contribution is 6.74. The van der Waals surface area contributed by atoms with Gasteiger partial charge in [-0.2, -0.15) is 5.26 Å². The van der Waals surface area contributed by atoms with Gasteiger partial charge in [0.25, 0.3) is 0 Å². The molecule has 196 valence electrons. The Bertz CT molecular complexity index is 1330. The lowest BCUT2D eigenvalue weighted by Crippen LogP contribution is -2.51. The molecule has 3 heterocycles. The molecule has 5 atom stereocenters. The van der Waals surface area contributed by atoms with Gasteiger partial charge in [-0.1, -0.05) is 52.0 Å². The van der Waals surface area contributed by atoms with Crippen LogP contribution in [-0.4, -0.2) is 49.2 Å². The number of anilines is 1. The number of hydrogen-bond donors (Lipinski definition) is 1. The van der Waals surface area contributed by atoms with E-state index in [0.29, 0.717) is 47.9 Å². The number of fused-ring (bicyclic) bond motifs is 6. The summed E-state index contributed by atoms with van der Waals surface area (Å²) in [5.74, 6) is -2.06. The summed E-state index contributed by atoms with van der Waals surface area (Å²) < 4.78 is 13.0. The lowest BCUT2D eigenvalue weighted by Gasteiger charge is -2.38. The molecule has 37 heavy (non-hydrogen) atoms. The quantitative estimate of drug-likeness (QED) is 0.429. The average molecular weight is 521 g/mol. The molecule has 2 aromatic rings. The predicted molar refractivity (Wildman–Crippen MR) is 143 cm³/mol. The molecule has 0 aliphatic carbocycles. The molecule has 7 nitrogen and oxygen atoms in total. The van der Waals surface area contributed by atoms with E-state index >= 15 is 0 Å². The van der Waals surface area contributed by atoms with Crippen molar-refractivity contribution in [2.24, 2.45) is 11.8 Å². The normalized spacial score (nSPS) is 31.3. The molecule has 3 saturated heterocycles. The summed E-state index contributed by atoms with van der Waals surface area (Å²) in [6.45, 7) is 13.2. The molecule has 3 aliphatic rings. The minimum Gasteiger partial charge on any atom is -0.417 e. The monoisotopic (exact) mass is 520 g/mol. The van der Waals surface area contributed by atoms with Gasteiger partial charge in [0.2, 0.25) is 11.8 Å². The summed E-state index contributed by atoms with van der Waals surface area (Å²) in [5.41, 5.74) is -1.08. The van der Waals surface area contributed by atoms with E-state index in [-0.39, 0.29) is 16.9 Å². The van der Waals surface area contributed by atoms with E-state index in [4.69, 9.17) is 9.16 Å². The molecular weight excluding hydrogens is 484 g/mol. The van der Waals surface area contributed by atoms with Gasteiger partial charge < -0.3 is 14.3 Å². The van der Waals surface area contributed by atoms with Gasteiger partial charge in [0.15, 0.2) is 8.32 Å². The van der Waals surface area contributed by atoms with E-state index < -0.39 is 37.5 Å². The maximum absolute atomic E-state index is 14.1. The molecule has 2 bridgehead atoms. The van der Waals surface area contributed by atoms with Crippen LogP contribution in [0, 0.1) is 23.2 Å². The van der Waals surface area contributed by atoms with Crippen LogP contribution in [-0.2, 0) is 18.8 Å². The van der Waals surface area contributed by atoms with Gasteiger partial charge in [-0.3, -0.25) is 9.59 Å². The molecule has 0 spiro atoms.